The maximum atomic E-state index is 12.6. The fourth-order valence-electron chi connectivity index (χ4n) is 4.46. The van der Waals surface area contributed by atoms with Crippen molar-refractivity contribution in [3.63, 3.8) is 0 Å². The van der Waals surface area contributed by atoms with Crippen molar-refractivity contribution in [2.75, 3.05) is 31.1 Å². The summed E-state index contributed by atoms with van der Waals surface area (Å²) >= 11 is 1.73. The summed E-state index contributed by atoms with van der Waals surface area (Å²) < 4.78 is 0. The number of rotatable bonds is 4. The zero-order valence-corrected chi connectivity index (χ0v) is 17.9. The van der Waals surface area contributed by atoms with Gasteiger partial charge in [0.15, 0.2) is 0 Å². The molecule has 0 atom stereocenters. The molecule has 1 aliphatic heterocycles. The smallest absolute Gasteiger partial charge is 0.225 e. The largest absolute Gasteiger partial charge is 0.354 e. The normalized spacial score (nSPS) is 19.9. The summed E-state index contributed by atoms with van der Waals surface area (Å²) in [6.07, 6.45) is 5.54. The van der Waals surface area contributed by atoms with E-state index in [4.69, 9.17) is 9.97 Å². The van der Waals surface area contributed by atoms with E-state index in [2.05, 4.69) is 45.5 Å². The Balaban J connectivity index is 1.39. The van der Waals surface area contributed by atoms with Crippen LogP contribution < -0.4 is 4.90 Å². The van der Waals surface area contributed by atoms with Crippen LogP contribution in [0.5, 0.6) is 0 Å². The molecular formula is C24H26N4OS. The molecule has 5 nitrogen and oxygen atoms in total. The minimum atomic E-state index is 0.297. The van der Waals surface area contributed by atoms with E-state index in [1.165, 1.54) is 29.4 Å². The third-order valence-corrected chi connectivity index (χ3v) is 7.36. The molecule has 0 spiro atoms. The highest BCUT2D eigenvalue weighted by Gasteiger charge is 2.35. The van der Waals surface area contributed by atoms with Crippen molar-refractivity contribution in [2.45, 2.75) is 38.0 Å². The van der Waals surface area contributed by atoms with Gasteiger partial charge >= 0.3 is 0 Å². The first-order valence-electron chi connectivity index (χ1n) is 11.2. The molecule has 3 aromatic rings. The van der Waals surface area contributed by atoms with Crippen LogP contribution in [0, 0.1) is 5.92 Å². The summed E-state index contributed by atoms with van der Waals surface area (Å²) in [5.41, 5.74) is 2.44. The number of anilines is 1. The van der Waals surface area contributed by atoms with Crippen LogP contribution >= 0.6 is 11.3 Å². The van der Waals surface area contributed by atoms with Crippen LogP contribution in [0.1, 0.15) is 43.8 Å². The maximum Gasteiger partial charge on any atom is 0.225 e. The Morgan fingerprint density at radius 1 is 0.967 bits per heavy atom. The summed E-state index contributed by atoms with van der Waals surface area (Å²) in [6, 6.07) is 10.6. The molecular weight excluding hydrogens is 392 g/mol. The Labute approximate surface area is 180 Å². The van der Waals surface area contributed by atoms with E-state index in [1.807, 2.05) is 0 Å². The SMILES string of the molecule is O=C(C1CC1)N1CCCN(c2nc(C3CC3)nc3scc(-c4ccccc4)c23)CC1. The molecule has 1 amide bonds. The molecule has 2 saturated carbocycles. The van der Waals surface area contributed by atoms with Gasteiger partial charge in [0, 0.05) is 49.0 Å². The second-order valence-electron chi connectivity index (χ2n) is 8.82. The predicted molar refractivity (Wildman–Crippen MR) is 121 cm³/mol. The number of benzene rings is 1. The third kappa shape index (κ3) is 3.37. The zero-order valence-electron chi connectivity index (χ0n) is 17.1. The molecule has 0 unspecified atom stereocenters. The van der Waals surface area contributed by atoms with Crippen LogP contribution in [0.2, 0.25) is 0 Å². The van der Waals surface area contributed by atoms with Crippen molar-refractivity contribution >= 4 is 33.3 Å². The number of amides is 1. The average Bonchev–Trinajstić information content (AvgIpc) is 3.68. The van der Waals surface area contributed by atoms with Gasteiger partial charge in [-0.1, -0.05) is 30.3 Å². The Morgan fingerprint density at radius 3 is 2.57 bits per heavy atom. The van der Waals surface area contributed by atoms with Crippen LogP contribution in [0.25, 0.3) is 21.3 Å². The van der Waals surface area contributed by atoms with Crippen LogP contribution in [0.3, 0.4) is 0 Å². The standard InChI is InChI=1S/C24H26N4OS/c29-24(18-9-10-18)28-12-4-11-27(13-14-28)22-20-19(16-5-2-1-3-6-16)15-30-23(20)26-21(25-22)17-7-8-17/h1-3,5-6,15,17-18H,4,7-14H2. The second kappa shape index (κ2) is 7.34. The molecule has 6 heteroatoms. The second-order valence-corrected chi connectivity index (χ2v) is 9.67. The van der Waals surface area contributed by atoms with E-state index < -0.39 is 0 Å². The van der Waals surface area contributed by atoms with Gasteiger partial charge in [-0.3, -0.25) is 4.79 Å². The van der Waals surface area contributed by atoms with Gasteiger partial charge in [-0.2, -0.15) is 0 Å². The van der Waals surface area contributed by atoms with Crippen molar-refractivity contribution in [3.8, 4) is 11.1 Å². The third-order valence-electron chi connectivity index (χ3n) is 6.49. The Morgan fingerprint density at radius 2 is 1.80 bits per heavy atom. The Bertz CT molecular complexity index is 1090. The summed E-state index contributed by atoms with van der Waals surface area (Å²) in [6.45, 7) is 3.45. The topological polar surface area (TPSA) is 49.3 Å². The lowest BCUT2D eigenvalue weighted by Gasteiger charge is -2.24. The van der Waals surface area contributed by atoms with Crippen molar-refractivity contribution in [1.29, 1.82) is 0 Å². The van der Waals surface area contributed by atoms with Crippen LogP contribution in [-0.4, -0.2) is 47.0 Å². The van der Waals surface area contributed by atoms with E-state index in [0.29, 0.717) is 17.7 Å². The molecule has 0 radical (unpaired) electrons. The number of carbonyl (C=O) groups is 1. The molecule has 3 aliphatic rings. The van der Waals surface area contributed by atoms with E-state index in [1.54, 1.807) is 11.3 Å². The van der Waals surface area contributed by atoms with Crippen LogP contribution in [0.15, 0.2) is 35.7 Å². The highest BCUT2D eigenvalue weighted by Crippen LogP contribution is 2.43. The lowest BCUT2D eigenvalue weighted by Crippen LogP contribution is -2.36. The van der Waals surface area contributed by atoms with Gasteiger partial charge in [-0.25, -0.2) is 9.97 Å². The predicted octanol–water partition coefficient (Wildman–Crippen LogP) is 4.68. The first-order valence-corrected chi connectivity index (χ1v) is 12.0. The fourth-order valence-corrected chi connectivity index (χ4v) is 5.41. The van der Waals surface area contributed by atoms with Gasteiger partial charge in [0.25, 0.3) is 0 Å². The van der Waals surface area contributed by atoms with E-state index in [-0.39, 0.29) is 0 Å². The first kappa shape index (κ1) is 18.3. The van der Waals surface area contributed by atoms with Gasteiger partial charge < -0.3 is 9.80 Å². The molecule has 2 aromatic heterocycles. The first-order chi connectivity index (χ1) is 14.8. The number of aromatic nitrogens is 2. The molecule has 154 valence electrons. The van der Waals surface area contributed by atoms with Crippen molar-refractivity contribution in [1.82, 2.24) is 14.9 Å². The summed E-state index contributed by atoms with van der Waals surface area (Å²) in [4.78, 5) is 28.3. The average molecular weight is 419 g/mol. The van der Waals surface area contributed by atoms with E-state index in [9.17, 15) is 4.79 Å². The van der Waals surface area contributed by atoms with Gasteiger partial charge in [-0.15, -0.1) is 11.3 Å². The fraction of sp³-hybridized carbons (Fsp3) is 0.458. The Hall–Kier alpha value is -2.47. The van der Waals surface area contributed by atoms with Crippen LogP contribution in [0.4, 0.5) is 5.82 Å². The molecule has 6 rings (SSSR count). The number of thiophene rings is 1. The number of hydrogen-bond acceptors (Lipinski definition) is 5. The molecule has 0 bridgehead atoms. The van der Waals surface area contributed by atoms with Gasteiger partial charge in [0.1, 0.15) is 16.5 Å². The number of nitrogens with zero attached hydrogens (tertiary/aromatic N) is 4. The zero-order chi connectivity index (χ0) is 20.1. The summed E-state index contributed by atoms with van der Waals surface area (Å²) in [5, 5.41) is 3.41. The van der Waals surface area contributed by atoms with Crippen molar-refractivity contribution in [3.05, 3.63) is 41.5 Å². The Kier molecular flexibility index (Phi) is 4.48. The highest BCUT2D eigenvalue weighted by atomic mass is 32.1. The monoisotopic (exact) mass is 418 g/mol. The van der Waals surface area contributed by atoms with E-state index in [0.717, 1.165) is 61.9 Å². The van der Waals surface area contributed by atoms with Gasteiger partial charge in [0.2, 0.25) is 5.91 Å². The minimum absolute atomic E-state index is 0.297. The lowest BCUT2D eigenvalue weighted by atomic mass is 10.1. The highest BCUT2D eigenvalue weighted by molar-refractivity contribution is 7.17. The van der Waals surface area contributed by atoms with Crippen LogP contribution in [-0.2, 0) is 4.79 Å². The molecule has 3 heterocycles. The molecule has 1 aromatic carbocycles. The molecule has 30 heavy (non-hydrogen) atoms. The van der Waals surface area contributed by atoms with E-state index >= 15 is 0 Å². The number of fused-ring (bicyclic) bond motifs is 1. The number of carbonyl (C=O) groups excluding carboxylic acids is 1. The van der Waals surface area contributed by atoms with Crippen molar-refractivity contribution in [2.24, 2.45) is 5.92 Å². The number of hydrogen-bond donors (Lipinski definition) is 0. The van der Waals surface area contributed by atoms with Crippen molar-refractivity contribution < 1.29 is 4.79 Å². The van der Waals surface area contributed by atoms with Gasteiger partial charge in [0.05, 0.1) is 5.39 Å². The molecule has 2 aliphatic carbocycles. The lowest BCUT2D eigenvalue weighted by molar-refractivity contribution is -0.132. The summed E-state index contributed by atoms with van der Waals surface area (Å²) in [5.74, 6) is 3.27. The van der Waals surface area contributed by atoms with Gasteiger partial charge in [-0.05, 0) is 37.7 Å². The minimum Gasteiger partial charge on any atom is -0.354 e. The molecule has 0 N–H and O–H groups in total. The summed E-state index contributed by atoms with van der Waals surface area (Å²) in [7, 11) is 0. The molecule has 1 saturated heterocycles. The quantitative estimate of drug-likeness (QED) is 0.617. The maximum absolute atomic E-state index is 12.6. The molecule has 3 fully saturated rings.